The number of hydrogen-bond donors (Lipinski definition) is 5. The maximum atomic E-state index is 14.3. The van der Waals surface area contributed by atoms with E-state index in [4.69, 9.17) is 0 Å². The van der Waals surface area contributed by atoms with Crippen molar-refractivity contribution in [2.45, 2.75) is 141 Å². The Morgan fingerprint density at radius 3 is 2.17 bits per heavy atom. The number of hydrogen-bond acceptors (Lipinski definition) is 8. The summed E-state index contributed by atoms with van der Waals surface area (Å²) < 4.78 is 0. The molecule has 0 aliphatic heterocycles. The van der Waals surface area contributed by atoms with Gasteiger partial charge in [-0.15, -0.1) is 0 Å². The van der Waals surface area contributed by atoms with Gasteiger partial charge < -0.3 is 26.6 Å². The number of nitrogens with one attached hydrogen (secondary N) is 5. The molecule has 1 heterocycles. The molecule has 3 saturated carbocycles. The second kappa shape index (κ2) is 18.6. The molecule has 13 nitrogen and oxygen atoms in total. The highest BCUT2D eigenvalue weighted by Crippen LogP contribution is 2.37. The highest BCUT2D eigenvalue weighted by atomic mass is 16.2. The third-order valence-electron chi connectivity index (χ3n) is 11.0. The quantitative estimate of drug-likeness (QED) is 0.170. The van der Waals surface area contributed by atoms with Gasteiger partial charge in [-0.3, -0.25) is 33.8 Å². The van der Waals surface area contributed by atoms with E-state index in [9.17, 15) is 28.8 Å². The highest BCUT2D eigenvalue weighted by Gasteiger charge is 2.43. The Balaban J connectivity index is 1.34. The number of carbonyl (C=O) groups is 6. The van der Waals surface area contributed by atoms with Crippen LogP contribution < -0.4 is 26.6 Å². The van der Waals surface area contributed by atoms with Crippen LogP contribution >= 0.6 is 0 Å². The first kappa shape index (κ1) is 40.5. The van der Waals surface area contributed by atoms with Crippen LogP contribution in [0.4, 0.5) is 0 Å². The van der Waals surface area contributed by atoms with Crippen LogP contribution in [0.3, 0.4) is 0 Å². The number of amides is 5. The predicted molar refractivity (Wildman–Crippen MR) is 203 cm³/mol. The molecule has 0 spiro atoms. The summed E-state index contributed by atoms with van der Waals surface area (Å²) in [6.07, 6.45) is 12.9. The zero-order valence-corrected chi connectivity index (χ0v) is 32.1. The Labute approximate surface area is 318 Å². The van der Waals surface area contributed by atoms with Gasteiger partial charge in [0.15, 0.2) is 0 Å². The van der Waals surface area contributed by atoms with Gasteiger partial charge in [-0.2, -0.15) is 0 Å². The Hall–Kier alpha value is -4.68. The number of rotatable bonds is 15. The minimum atomic E-state index is -0.999. The third-order valence-corrected chi connectivity index (χ3v) is 11.0. The highest BCUT2D eigenvalue weighted by molar-refractivity contribution is 6.38. The first-order valence-corrected chi connectivity index (χ1v) is 19.7. The van der Waals surface area contributed by atoms with Gasteiger partial charge in [0.2, 0.25) is 23.5 Å². The summed E-state index contributed by atoms with van der Waals surface area (Å²) in [4.78, 5) is 89.8. The average Bonchev–Trinajstić information content (AvgIpc) is 4.00. The van der Waals surface area contributed by atoms with Crippen LogP contribution in [0.5, 0.6) is 0 Å². The lowest BCUT2D eigenvalue weighted by molar-refractivity contribution is -0.141. The van der Waals surface area contributed by atoms with Gasteiger partial charge >= 0.3 is 0 Å². The molecule has 0 radical (unpaired) electrons. The molecule has 3 aliphatic rings. The zero-order valence-electron chi connectivity index (χ0n) is 32.1. The lowest BCUT2D eigenvalue weighted by atomic mass is 9.74. The maximum absolute atomic E-state index is 14.3. The summed E-state index contributed by atoms with van der Waals surface area (Å²) in [7, 11) is 0. The molecule has 54 heavy (non-hydrogen) atoms. The lowest BCUT2D eigenvalue weighted by Crippen LogP contribution is -2.62. The first-order valence-electron chi connectivity index (χ1n) is 19.7. The Bertz CT molecular complexity index is 1620. The molecule has 3 fully saturated rings. The van der Waals surface area contributed by atoms with E-state index in [1.54, 1.807) is 0 Å². The van der Waals surface area contributed by atoms with Gasteiger partial charge in [0.25, 0.3) is 11.8 Å². The summed E-state index contributed by atoms with van der Waals surface area (Å²) in [5.41, 5.74) is 0.443. The van der Waals surface area contributed by atoms with Crippen LogP contribution in [0.25, 0.3) is 0 Å². The molecule has 13 heteroatoms. The summed E-state index contributed by atoms with van der Waals surface area (Å²) in [6, 6.07) is 6.46. The van der Waals surface area contributed by atoms with Crippen molar-refractivity contribution >= 4 is 35.3 Å². The van der Waals surface area contributed by atoms with E-state index in [0.717, 1.165) is 50.5 Å². The Morgan fingerprint density at radius 1 is 0.815 bits per heavy atom. The molecule has 3 aliphatic carbocycles. The van der Waals surface area contributed by atoms with Crippen LogP contribution in [0, 0.1) is 17.3 Å². The lowest BCUT2D eigenvalue weighted by Gasteiger charge is -2.39. The minimum Gasteiger partial charge on any atom is -0.351 e. The molecule has 5 rings (SSSR count). The largest absolute Gasteiger partial charge is 0.351 e. The van der Waals surface area contributed by atoms with E-state index in [2.05, 4.69) is 36.6 Å². The molecule has 6 atom stereocenters. The summed E-state index contributed by atoms with van der Waals surface area (Å²) >= 11 is 0. The number of benzene rings is 1. The van der Waals surface area contributed by atoms with Crippen LogP contribution in [0.2, 0.25) is 0 Å². The molecular weight excluding hydrogens is 686 g/mol. The average molecular weight is 744 g/mol. The topological polar surface area (TPSA) is 188 Å². The molecule has 0 saturated heterocycles. The van der Waals surface area contributed by atoms with E-state index in [0.29, 0.717) is 32.1 Å². The van der Waals surface area contributed by atoms with Gasteiger partial charge in [-0.1, -0.05) is 83.7 Å². The van der Waals surface area contributed by atoms with Gasteiger partial charge in [0.1, 0.15) is 17.8 Å². The van der Waals surface area contributed by atoms with Crippen molar-refractivity contribution in [2.75, 3.05) is 0 Å². The van der Waals surface area contributed by atoms with Crippen molar-refractivity contribution in [3.63, 3.8) is 0 Å². The van der Waals surface area contributed by atoms with Crippen LogP contribution in [-0.4, -0.2) is 75.5 Å². The monoisotopic (exact) mass is 743 g/mol. The fraction of sp³-hybridized carbons (Fsp3) is 0.610. The van der Waals surface area contributed by atoms with Gasteiger partial charge in [0.05, 0.1) is 18.2 Å². The summed E-state index contributed by atoms with van der Waals surface area (Å²) in [5, 5.41) is 14.6. The van der Waals surface area contributed by atoms with Crippen molar-refractivity contribution in [3.05, 3.63) is 60.2 Å². The molecule has 2 unspecified atom stereocenters. The van der Waals surface area contributed by atoms with E-state index < -0.39 is 70.8 Å². The van der Waals surface area contributed by atoms with Crippen molar-refractivity contribution < 1.29 is 28.8 Å². The van der Waals surface area contributed by atoms with Crippen LogP contribution in [0.1, 0.15) is 127 Å². The first-order chi connectivity index (χ1) is 25.8. The number of nitrogens with zero attached hydrogens (tertiary/aromatic N) is 2. The van der Waals surface area contributed by atoms with E-state index >= 15 is 0 Å². The van der Waals surface area contributed by atoms with Gasteiger partial charge in [-0.25, -0.2) is 4.98 Å². The van der Waals surface area contributed by atoms with Gasteiger partial charge in [-0.05, 0) is 74.2 Å². The predicted octanol–water partition coefficient (Wildman–Crippen LogP) is 3.89. The second-order valence-corrected chi connectivity index (χ2v) is 16.4. The van der Waals surface area contributed by atoms with Crippen molar-refractivity contribution in [1.82, 2.24) is 36.6 Å². The Kier molecular flexibility index (Phi) is 13.9. The number of ketones is 1. The van der Waals surface area contributed by atoms with E-state index in [1.807, 2.05) is 58.0 Å². The van der Waals surface area contributed by atoms with E-state index in [-0.39, 0.29) is 23.6 Å². The van der Waals surface area contributed by atoms with Gasteiger partial charge in [0, 0.05) is 24.5 Å². The smallest absolute Gasteiger partial charge is 0.289 e. The molecule has 1 aromatic carbocycles. The van der Waals surface area contributed by atoms with Crippen LogP contribution in [-0.2, 0) is 24.0 Å². The molecule has 5 amide bonds. The number of Topliss-reactive ketones (excluding diaryl/α,β-unsaturated/α-hetero) is 1. The summed E-state index contributed by atoms with van der Waals surface area (Å²) in [6.45, 7) is 7.46. The van der Waals surface area contributed by atoms with Crippen molar-refractivity contribution in [2.24, 2.45) is 17.3 Å². The number of aromatic nitrogens is 2. The molecule has 292 valence electrons. The summed E-state index contributed by atoms with van der Waals surface area (Å²) in [5.74, 6) is -3.94. The van der Waals surface area contributed by atoms with Crippen molar-refractivity contribution in [1.29, 1.82) is 0 Å². The van der Waals surface area contributed by atoms with E-state index in [1.165, 1.54) is 18.6 Å². The SMILES string of the molecule is CCCC(NC(=O)[C@@H]1C[C@H](c2ccccc2)CC[C@@H]1NC(=O)C(NC(=O)[C@@H](NC(=O)c1cnccn1)C1CCCCC1)C(C)(C)C)C(=O)C(=O)NC1CC1. The molecule has 5 N–H and O–H groups in total. The van der Waals surface area contributed by atoms with Crippen LogP contribution in [0.15, 0.2) is 48.9 Å². The molecular formula is C41H57N7O6. The maximum Gasteiger partial charge on any atom is 0.289 e. The third kappa shape index (κ3) is 10.9. The molecule has 1 aromatic heterocycles. The fourth-order valence-electron chi connectivity index (χ4n) is 7.81. The second-order valence-electron chi connectivity index (χ2n) is 16.4. The standard InChI is InChI=1S/C41H57N7O6/c1-5-12-31(34(49)39(53)44-28-18-19-28)46-36(50)29-23-27(25-13-8-6-9-14-25)17-20-30(29)45-40(54)35(41(2,3)4)48-38(52)33(26-15-10-7-11-16-26)47-37(51)32-24-42-21-22-43-32/h6,8-9,13-14,21-22,24,26-31,33,35H,5,7,10-12,15-20,23H2,1-4H3,(H,44,53)(H,45,54)(H,46,50)(H,47,51)(H,48,52)/t27-,29-,30+,31?,33+,35?/m1/s1. The molecule has 2 aromatic rings. The molecule has 0 bridgehead atoms. The fourth-order valence-corrected chi connectivity index (χ4v) is 7.81. The Morgan fingerprint density at radius 2 is 1.54 bits per heavy atom. The minimum absolute atomic E-state index is 0.00707. The normalized spacial score (nSPS) is 22.1. The number of carbonyl (C=O) groups excluding carboxylic acids is 6. The zero-order chi connectivity index (χ0) is 38.8. The van der Waals surface area contributed by atoms with Crippen molar-refractivity contribution in [3.8, 4) is 0 Å².